The van der Waals surface area contributed by atoms with E-state index in [2.05, 4.69) is 25.3 Å². The molecule has 0 radical (unpaired) electrons. The summed E-state index contributed by atoms with van der Waals surface area (Å²) >= 11 is 0. The third-order valence-corrected chi connectivity index (χ3v) is 11.5. The minimum Gasteiger partial charge on any atom is -0.462 e. The third kappa shape index (κ3) is 45.7. The molecule has 0 aliphatic carbocycles. The molecule has 1 atom stereocenters. The van der Waals surface area contributed by atoms with Gasteiger partial charge in [0.25, 0.3) is 0 Å². The van der Waals surface area contributed by atoms with Crippen LogP contribution in [0.1, 0.15) is 265 Å². The number of hydrogen-bond donors (Lipinski definition) is 2. The maximum atomic E-state index is 12.4. The van der Waals surface area contributed by atoms with Crippen LogP contribution in [0.3, 0.4) is 0 Å². The van der Waals surface area contributed by atoms with Gasteiger partial charge in [-0.3, -0.25) is 14.1 Å². The van der Waals surface area contributed by atoms with Crippen LogP contribution in [-0.2, 0) is 28.2 Å². The zero-order chi connectivity index (χ0) is 41.2. The van der Waals surface area contributed by atoms with Crippen LogP contribution in [0.4, 0.5) is 0 Å². The van der Waals surface area contributed by atoms with Gasteiger partial charge < -0.3 is 19.3 Å². The van der Waals surface area contributed by atoms with Gasteiger partial charge in [-0.05, 0) is 18.8 Å². The molecular weight excluding hydrogens is 723 g/mol. The van der Waals surface area contributed by atoms with Crippen LogP contribution in [0.15, 0.2) is 0 Å². The van der Waals surface area contributed by atoms with Gasteiger partial charge in [0.05, 0.1) is 6.61 Å². The number of hydrogen-bond acceptors (Lipinski definition) is 6. The number of esters is 2. The van der Waals surface area contributed by atoms with Crippen LogP contribution in [0.5, 0.6) is 0 Å². The zero-order valence-corrected chi connectivity index (χ0v) is 38.1. The molecule has 0 heterocycles. The van der Waals surface area contributed by atoms with Gasteiger partial charge in [-0.25, -0.2) is 4.57 Å². The second-order valence-corrected chi connectivity index (χ2v) is 18.5. The normalized spacial score (nSPS) is 12.4. The van der Waals surface area contributed by atoms with Crippen LogP contribution in [0, 0.1) is 5.92 Å². The number of carbonyl (C=O) groups excluding carboxylic acids is 2. The average Bonchev–Trinajstić information content (AvgIpc) is 3.15. The molecule has 0 rings (SSSR count). The first-order valence-electron chi connectivity index (χ1n) is 24.2. The van der Waals surface area contributed by atoms with Crippen LogP contribution >= 0.6 is 7.82 Å². The van der Waals surface area contributed by atoms with Crippen molar-refractivity contribution in [2.24, 2.45) is 5.92 Å². The Morgan fingerprint density at radius 3 is 1.07 bits per heavy atom. The molecule has 0 spiro atoms. The molecule has 334 valence electrons. The number of rotatable bonds is 45. The van der Waals surface area contributed by atoms with Gasteiger partial charge in [-0.1, -0.05) is 239 Å². The Hall–Kier alpha value is -0.950. The van der Waals surface area contributed by atoms with Crippen molar-refractivity contribution in [2.45, 2.75) is 271 Å². The second kappa shape index (κ2) is 42.2. The van der Waals surface area contributed by atoms with Crippen molar-refractivity contribution in [3.05, 3.63) is 0 Å². The molecule has 0 saturated heterocycles. The van der Waals surface area contributed by atoms with Crippen molar-refractivity contribution >= 4 is 19.8 Å². The molecule has 2 N–H and O–H groups in total. The molecule has 8 nitrogen and oxygen atoms in total. The fraction of sp³-hybridized carbons (Fsp3) is 0.957. The van der Waals surface area contributed by atoms with E-state index in [0.717, 1.165) is 38.0 Å². The summed E-state index contributed by atoms with van der Waals surface area (Å²) in [6.45, 7) is 6.10. The lowest BCUT2D eigenvalue weighted by atomic mass is 10.0. The maximum Gasteiger partial charge on any atom is 0.469 e. The molecule has 0 aromatic carbocycles. The molecule has 0 amide bonds. The van der Waals surface area contributed by atoms with Crippen molar-refractivity contribution in [2.75, 3.05) is 13.2 Å². The van der Waals surface area contributed by atoms with Gasteiger partial charge in [0.15, 0.2) is 6.10 Å². The Bertz CT molecular complexity index is 891. The highest BCUT2D eigenvalue weighted by Gasteiger charge is 2.23. The highest BCUT2D eigenvalue weighted by Crippen LogP contribution is 2.36. The summed E-state index contributed by atoms with van der Waals surface area (Å²) in [6.07, 6.45) is 45.5. The number of ether oxygens (including phenoxy) is 2. The lowest BCUT2D eigenvalue weighted by Crippen LogP contribution is -2.29. The number of phosphoric acid groups is 1. The number of phosphoric ester groups is 1. The molecule has 0 fully saturated rings. The second-order valence-electron chi connectivity index (χ2n) is 17.3. The first-order valence-corrected chi connectivity index (χ1v) is 25.7. The highest BCUT2D eigenvalue weighted by molar-refractivity contribution is 7.46. The van der Waals surface area contributed by atoms with Gasteiger partial charge in [-0.15, -0.1) is 0 Å². The monoisotopic (exact) mass is 817 g/mol. The quantitative estimate of drug-likeness (QED) is 0.0354. The minimum atomic E-state index is -4.75. The average molecular weight is 817 g/mol. The van der Waals surface area contributed by atoms with Gasteiger partial charge in [0.2, 0.25) is 0 Å². The summed E-state index contributed by atoms with van der Waals surface area (Å²) in [5.74, 6) is -0.0128. The predicted octanol–water partition coefficient (Wildman–Crippen LogP) is 15.1. The molecule has 0 aliphatic rings. The molecule has 0 aliphatic heterocycles. The van der Waals surface area contributed by atoms with E-state index in [-0.39, 0.29) is 19.4 Å². The molecule has 0 saturated carbocycles. The number of carbonyl (C=O) groups is 2. The van der Waals surface area contributed by atoms with Gasteiger partial charge >= 0.3 is 19.8 Å². The minimum absolute atomic E-state index is 0.220. The molecular formula is C47H93O8P. The summed E-state index contributed by atoms with van der Waals surface area (Å²) in [5, 5.41) is 0. The van der Waals surface area contributed by atoms with Gasteiger partial charge in [0.1, 0.15) is 6.61 Å². The largest absolute Gasteiger partial charge is 0.469 e. The van der Waals surface area contributed by atoms with E-state index in [0.29, 0.717) is 6.42 Å². The molecule has 9 heteroatoms. The lowest BCUT2D eigenvalue weighted by Gasteiger charge is -2.18. The van der Waals surface area contributed by atoms with Crippen molar-refractivity contribution < 1.29 is 37.9 Å². The first-order chi connectivity index (χ1) is 27.1. The van der Waals surface area contributed by atoms with Gasteiger partial charge in [0, 0.05) is 12.8 Å². The van der Waals surface area contributed by atoms with Crippen LogP contribution < -0.4 is 0 Å². The molecule has 0 aromatic heterocycles. The molecule has 0 bridgehead atoms. The Kier molecular flexibility index (Phi) is 41.5. The Morgan fingerprint density at radius 1 is 0.446 bits per heavy atom. The van der Waals surface area contributed by atoms with Crippen LogP contribution in [0.2, 0.25) is 0 Å². The summed E-state index contributed by atoms with van der Waals surface area (Å²) in [5.41, 5.74) is 0. The van der Waals surface area contributed by atoms with E-state index in [9.17, 15) is 14.2 Å². The van der Waals surface area contributed by atoms with E-state index in [1.807, 2.05) is 0 Å². The highest BCUT2D eigenvalue weighted by atomic mass is 31.2. The van der Waals surface area contributed by atoms with Crippen molar-refractivity contribution in [1.82, 2.24) is 0 Å². The Morgan fingerprint density at radius 2 is 0.750 bits per heavy atom. The Balaban J connectivity index is 3.78. The maximum absolute atomic E-state index is 12.4. The molecule has 0 aromatic rings. The topological polar surface area (TPSA) is 119 Å². The standard InChI is InChI=1S/C47H93O8P/c1-4-5-6-7-8-9-10-11-12-15-20-23-26-29-32-35-38-41-47(49)55-45(43-54-56(50,51)52)42-53-46(48)40-37-34-31-28-25-22-19-17-14-13-16-18-21-24-27-30-33-36-39-44(2)3/h44-45H,4-43H2,1-3H3,(H2,50,51,52)/t45-/m1/s1. The van der Waals surface area contributed by atoms with Crippen LogP contribution in [0.25, 0.3) is 0 Å². The van der Waals surface area contributed by atoms with Crippen molar-refractivity contribution in [1.29, 1.82) is 0 Å². The summed E-state index contributed by atoms with van der Waals surface area (Å²) in [7, 11) is -4.75. The SMILES string of the molecule is CCCCCCCCCCCCCCCCCCCC(=O)O[C@H](COC(=O)CCCCCCCCCCCCCCCCCCCCC(C)C)COP(=O)(O)O. The van der Waals surface area contributed by atoms with E-state index in [1.165, 1.54) is 193 Å². The number of unbranched alkanes of at least 4 members (excludes halogenated alkanes) is 33. The summed E-state index contributed by atoms with van der Waals surface area (Å²) in [4.78, 5) is 43.0. The van der Waals surface area contributed by atoms with Crippen molar-refractivity contribution in [3.8, 4) is 0 Å². The first kappa shape index (κ1) is 55.0. The van der Waals surface area contributed by atoms with E-state index < -0.39 is 32.5 Å². The molecule has 56 heavy (non-hydrogen) atoms. The van der Waals surface area contributed by atoms with E-state index >= 15 is 0 Å². The Labute approximate surface area is 346 Å². The fourth-order valence-electron chi connectivity index (χ4n) is 7.44. The van der Waals surface area contributed by atoms with E-state index in [1.54, 1.807) is 0 Å². The summed E-state index contributed by atoms with van der Waals surface area (Å²) in [6, 6.07) is 0. The van der Waals surface area contributed by atoms with Crippen molar-refractivity contribution in [3.63, 3.8) is 0 Å². The summed E-state index contributed by atoms with van der Waals surface area (Å²) < 4.78 is 26.5. The van der Waals surface area contributed by atoms with Gasteiger partial charge in [-0.2, -0.15) is 0 Å². The zero-order valence-electron chi connectivity index (χ0n) is 37.2. The molecule has 0 unspecified atom stereocenters. The third-order valence-electron chi connectivity index (χ3n) is 11.1. The predicted molar refractivity (Wildman–Crippen MR) is 235 cm³/mol. The van der Waals surface area contributed by atoms with Crippen LogP contribution in [-0.4, -0.2) is 41.0 Å². The van der Waals surface area contributed by atoms with E-state index in [4.69, 9.17) is 19.3 Å². The fourth-order valence-corrected chi connectivity index (χ4v) is 7.80. The lowest BCUT2D eigenvalue weighted by molar-refractivity contribution is -0.161. The smallest absolute Gasteiger partial charge is 0.462 e.